The summed E-state index contributed by atoms with van der Waals surface area (Å²) in [7, 11) is 0. The number of alkyl carbamates (subject to hydrolysis) is 1. The molecule has 2 aromatic carbocycles. The molecule has 0 unspecified atom stereocenters. The average molecular weight is 398 g/mol. The van der Waals surface area contributed by atoms with Gasteiger partial charge in [0.05, 0.1) is 12.1 Å². The number of benzene rings is 2. The zero-order valence-corrected chi connectivity index (χ0v) is 17.6. The van der Waals surface area contributed by atoms with Crippen molar-refractivity contribution in [2.24, 2.45) is 0 Å². The van der Waals surface area contributed by atoms with E-state index in [0.29, 0.717) is 12.8 Å². The molecule has 4 heteroatoms. The largest absolute Gasteiger partial charge is 0.445 e. The van der Waals surface area contributed by atoms with Crippen LogP contribution >= 0.6 is 0 Å². The first-order valence-corrected chi connectivity index (χ1v) is 10.9. The van der Waals surface area contributed by atoms with Gasteiger partial charge < -0.3 is 15.2 Å². The van der Waals surface area contributed by atoms with Gasteiger partial charge in [-0.25, -0.2) is 4.79 Å². The van der Waals surface area contributed by atoms with E-state index in [4.69, 9.17) is 4.74 Å². The first kappa shape index (κ1) is 23.0. The van der Waals surface area contributed by atoms with Crippen LogP contribution in [0.4, 0.5) is 4.79 Å². The third kappa shape index (κ3) is 9.62. The molecular weight excluding hydrogens is 362 g/mol. The summed E-state index contributed by atoms with van der Waals surface area (Å²) in [6.45, 7) is 2.43. The van der Waals surface area contributed by atoms with Crippen molar-refractivity contribution in [3.63, 3.8) is 0 Å². The summed E-state index contributed by atoms with van der Waals surface area (Å²) in [5, 5.41) is 13.6. The Kier molecular flexibility index (Phi) is 10.9. The molecule has 0 heterocycles. The zero-order valence-electron chi connectivity index (χ0n) is 17.6. The van der Waals surface area contributed by atoms with Crippen LogP contribution in [0.15, 0.2) is 60.7 Å². The van der Waals surface area contributed by atoms with Crippen LogP contribution in [0, 0.1) is 0 Å². The fourth-order valence-corrected chi connectivity index (χ4v) is 3.40. The topological polar surface area (TPSA) is 58.6 Å². The van der Waals surface area contributed by atoms with Crippen molar-refractivity contribution in [1.29, 1.82) is 0 Å². The SMILES string of the molecule is CCCCCCCC[C@@H](O)[C@H](Cc1ccccc1)NC(=O)OCc1ccccc1. The quantitative estimate of drug-likeness (QED) is 0.430. The van der Waals surface area contributed by atoms with Gasteiger partial charge in [-0.3, -0.25) is 0 Å². The Labute approximate surface area is 175 Å². The summed E-state index contributed by atoms with van der Waals surface area (Å²) >= 11 is 0. The lowest BCUT2D eigenvalue weighted by Crippen LogP contribution is -2.45. The third-order valence-electron chi connectivity index (χ3n) is 5.13. The predicted molar refractivity (Wildman–Crippen MR) is 118 cm³/mol. The Hall–Kier alpha value is -2.33. The minimum atomic E-state index is -0.592. The predicted octanol–water partition coefficient (Wildman–Crippen LogP) is 5.64. The standard InChI is InChI=1S/C25H35NO3/c1-2-3-4-5-6-13-18-24(27)23(19-21-14-9-7-10-15-21)26-25(28)29-20-22-16-11-8-12-17-22/h7-12,14-17,23-24,27H,2-6,13,18-20H2,1H3,(H,26,28)/t23-,24+/m0/s1. The number of ether oxygens (including phenoxy) is 1. The van der Waals surface area contributed by atoms with Gasteiger partial charge in [-0.05, 0) is 24.0 Å². The van der Waals surface area contributed by atoms with Gasteiger partial charge in [-0.2, -0.15) is 0 Å². The molecule has 0 saturated heterocycles. The number of rotatable bonds is 13. The first-order valence-electron chi connectivity index (χ1n) is 10.9. The normalized spacial score (nSPS) is 12.9. The molecule has 2 N–H and O–H groups in total. The fraction of sp³-hybridized carbons (Fsp3) is 0.480. The summed E-state index contributed by atoms with van der Waals surface area (Å²) in [4.78, 5) is 12.3. The highest BCUT2D eigenvalue weighted by atomic mass is 16.5. The second-order valence-electron chi connectivity index (χ2n) is 7.63. The molecule has 1 amide bonds. The van der Waals surface area contributed by atoms with Crippen LogP contribution in [0.25, 0.3) is 0 Å². The van der Waals surface area contributed by atoms with Crippen LogP contribution in [0.1, 0.15) is 63.0 Å². The van der Waals surface area contributed by atoms with E-state index in [1.807, 2.05) is 60.7 Å². The van der Waals surface area contributed by atoms with E-state index in [0.717, 1.165) is 24.0 Å². The molecule has 0 aliphatic carbocycles. The molecule has 0 spiro atoms. The lowest BCUT2D eigenvalue weighted by Gasteiger charge is -2.24. The van der Waals surface area contributed by atoms with Gasteiger partial charge >= 0.3 is 6.09 Å². The highest BCUT2D eigenvalue weighted by molar-refractivity contribution is 5.67. The smallest absolute Gasteiger partial charge is 0.407 e. The van der Waals surface area contributed by atoms with E-state index in [9.17, 15) is 9.90 Å². The van der Waals surface area contributed by atoms with Crippen LogP contribution < -0.4 is 5.32 Å². The molecule has 2 rings (SSSR count). The number of hydrogen-bond donors (Lipinski definition) is 2. The highest BCUT2D eigenvalue weighted by Crippen LogP contribution is 2.14. The molecule has 0 radical (unpaired) electrons. The molecule has 2 atom stereocenters. The summed E-state index contributed by atoms with van der Waals surface area (Å²) in [6, 6.07) is 19.2. The molecule has 0 aromatic heterocycles. The second-order valence-corrected chi connectivity index (χ2v) is 7.63. The average Bonchev–Trinajstić information content (AvgIpc) is 2.75. The summed E-state index contributed by atoms with van der Waals surface area (Å²) in [5.74, 6) is 0. The number of amides is 1. The van der Waals surface area contributed by atoms with Crippen molar-refractivity contribution < 1.29 is 14.6 Å². The minimum absolute atomic E-state index is 0.220. The molecule has 0 aliphatic heterocycles. The van der Waals surface area contributed by atoms with E-state index in [2.05, 4.69) is 12.2 Å². The van der Waals surface area contributed by atoms with Crippen LogP contribution in [0.3, 0.4) is 0 Å². The van der Waals surface area contributed by atoms with E-state index in [-0.39, 0.29) is 12.6 Å². The van der Waals surface area contributed by atoms with E-state index >= 15 is 0 Å². The Morgan fingerprint density at radius 2 is 1.48 bits per heavy atom. The monoisotopic (exact) mass is 397 g/mol. The van der Waals surface area contributed by atoms with Gasteiger partial charge in [-0.1, -0.05) is 106 Å². The number of carbonyl (C=O) groups excluding carboxylic acids is 1. The Morgan fingerprint density at radius 1 is 0.897 bits per heavy atom. The Morgan fingerprint density at radius 3 is 2.14 bits per heavy atom. The van der Waals surface area contributed by atoms with Crippen molar-refractivity contribution in [3.05, 3.63) is 71.8 Å². The van der Waals surface area contributed by atoms with E-state index < -0.39 is 12.2 Å². The second kappa shape index (κ2) is 13.8. The number of unbranched alkanes of at least 4 members (excludes halogenated alkanes) is 5. The summed E-state index contributed by atoms with van der Waals surface area (Å²) in [6.07, 6.45) is 7.24. The summed E-state index contributed by atoms with van der Waals surface area (Å²) in [5.41, 5.74) is 2.03. The first-order chi connectivity index (χ1) is 14.2. The van der Waals surface area contributed by atoms with Crippen molar-refractivity contribution >= 4 is 6.09 Å². The van der Waals surface area contributed by atoms with Crippen LogP contribution in [-0.4, -0.2) is 23.3 Å². The lowest BCUT2D eigenvalue weighted by molar-refractivity contribution is 0.0947. The van der Waals surface area contributed by atoms with E-state index in [1.165, 1.54) is 25.7 Å². The number of aliphatic hydroxyl groups excluding tert-OH is 1. The van der Waals surface area contributed by atoms with Crippen LogP contribution in [-0.2, 0) is 17.8 Å². The molecule has 2 aromatic rings. The van der Waals surface area contributed by atoms with Crippen LogP contribution in [0.2, 0.25) is 0 Å². The lowest BCUT2D eigenvalue weighted by atomic mass is 9.97. The maximum Gasteiger partial charge on any atom is 0.407 e. The highest BCUT2D eigenvalue weighted by Gasteiger charge is 2.22. The summed E-state index contributed by atoms with van der Waals surface area (Å²) < 4.78 is 5.36. The fourth-order valence-electron chi connectivity index (χ4n) is 3.40. The molecule has 158 valence electrons. The van der Waals surface area contributed by atoms with E-state index in [1.54, 1.807) is 0 Å². The zero-order chi connectivity index (χ0) is 20.7. The van der Waals surface area contributed by atoms with Gasteiger partial charge in [0.25, 0.3) is 0 Å². The van der Waals surface area contributed by atoms with Crippen molar-refractivity contribution in [2.75, 3.05) is 0 Å². The van der Waals surface area contributed by atoms with Crippen molar-refractivity contribution in [3.8, 4) is 0 Å². The molecule has 29 heavy (non-hydrogen) atoms. The van der Waals surface area contributed by atoms with Gasteiger partial charge in [0.2, 0.25) is 0 Å². The number of aliphatic hydroxyl groups is 1. The molecule has 0 fully saturated rings. The third-order valence-corrected chi connectivity index (χ3v) is 5.13. The molecule has 0 saturated carbocycles. The van der Waals surface area contributed by atoms with Crippen LogP contribution in [0.5, 0.6) is 0 Å². The Bertz CT molecular complexity index is 675. The van der Waals surface area contributed by atoms with Crippen molar-refractivity contribution in [1.82, 2.24) is 5.32 Å². The van der Waals surface area contributed by atoms with Gasteiger partial charge in [0.15, 0.2) is 0 Å². The number of carbonyl (C=O) groups is 1. The van der Waals surface area contributed by atoms with Crippen molar-refractivity contribution in [2.45, 2.75) is 77.0 Å². The van der Waals surface area contributed by atoms with Gasteiger partial charge in [0.1, 0.15) is 6.61 Å². The molecule has 0 aliphatic rings. The number of hydrogen-bond acceptors (Lipinski definition) is 3. The number of nitrogens with one attached hydrogen (secondary N) is 1. The minimum Gasteiger partial charge on any atom is -0.445 e. The van der Waals surface area contributed by atoms with Gasteiger partial charge in [-0.15, -0.1) is 0 Å². The van der Waals surface area contributed by atoms with Gasteiger partial charge in [0, 0.05) is 0 Å². The molecular formula is C25H35NO3. The molecule has 0 bridgehead atoms. The maximum atomic E-state index is 12.3. The molecule has 4 nitrogen and oxygen atoms in total. The Balaban J connectivity index is 1.85. The maximum absolute atomic E-state index is 12.3.